The number of nitrogens with one attached hydrogen (secondary N) is 1. The lowest BCUT2D eigenvalue weighted by Gasteiger charge is -2.28. The van der Waals surface area contributed by atoms with Gasteiger partial charge in [0, 0.05) is 12.1 Å². The largest absolute Gasteiger partial charge is 0.433 e. The number of nitrogens with zero attached hydrogens (tertiary/aromatic N) is 2. The Hall–Kier alpha value is -2.16. The summed E-state index contributed by atoms with van der Waals surface area (Å²) in [5.74, 6) is -1.28. The highest BCUT2D eigenvalue weighted by Crippen LogP contribution is 2.30. The van der Waals surface area contributed by atoms with Gasteiger partial charge in [0.05, 0.1) is 13.1 Å². The highest BCUT2D eigenvalue weighted by atomic mass is 19.4. The second kappa shape index (κ2) is 5.08. The summed E-state index contributed by atoms with van der Waals surface area (Å²) in [7, 11) is 0. The van der Waals surface area contributed by atoms with Crippen LogP contribution in [0.3, 0.4) is 0 Å². The van der Waals surface area contributed by atoms with Crippen molar-refractivity contribution >= 4 is 17.6 Å². The molecule has 108 valence electrons. The first-order valence-corrected chi connectivity index (χ1v) is 5.66. The van der Waals surface area contributed by atoms with E-state index >= 15 is 0 Å². The Morgan fingerprint density at radius 3 is 2.35 bits per heavy atom. The number of aromatic nitrogens is 1. The molecule has 1 aliphatic heterocycles. The molecule has 1 aromatic rings. The van der Waals surface area contributed by atoms with Gasteiger partial charge in [0.1, 0.15) is 11.5 Å². The number of imide groups is 1. The number of carbonyl (C=O) groups is 2. The van der Waals surface area contributed by atoms with E-state index in [4.69, 9.17) is 5.73 Å². The number of carbonyl (C=O) groups excluding carboxylic acids is 2. The first kappa shape index (κ1) is 14.3. The first-order valence-electron chi connectivity index (χ1n) is 5.66. The maximum absolute atomic E-state index is 12.7. The Balaban J connectivity index is 2.42. The predicted molar refractivity (Wildman–Crippen MR) is 62.5 cm³/mol. The topological polar surface area (TPSA) is 88.3 Å². The molecule has 1 aliphatic rings. The zero-order chi connectivity index (χ0) is 14.9. The smallest absolute Gasteiger partial charge is 0.338 e. The maximum Gasteiger partial charge on any atom is 0.433 e. The Labute approximate surface area is 111 Å². The molecule has 2 rings (SSSR count). The van der Waals surface area contributed by atoms with E-state index in [0.717, 1.165) is 6.07 Å². The van der Waals surface area contributed by atoms with Crippen molar-refractivity contribution in [2.45, 2.75) is 12.7 Å². The molecule has 1 saturated heterocycles. The van der Waals surface area contributed by atoms with Crippen LogP contribution in [0.1, 0.15) is 11.3 Å². The van der Waals surface area contributed by atoms with Crippen molar-refractivity contribution in [3.63, 3.8) is 0 Å². The van der Waals surface area contributed by atoms with Gasteiger partial charge in [0.15, 0.2) is 0 Å². The summed E-state index contributed by atoms with van der Waals surface area (Å²) in [6, 6.07) is 2.01. The molecule has 6 nitrogen and oxygen atoms in total. The normalized spacial score (nSPS) is 16.3. The number of hydrogen-bond acceptors (Lipinski definition) is 5. The Morgan fingerprint density at radius 2 is 1.85 bits per heavy atom. The van der Waals surface area contributed by atoms with Crippen molar-refractivity contribution < 1.29 is 22.8 Å². The van der Waals surface area contributed by atoms with Crippen molar-refractivity contribution in [3.05, 3.63) is 23.4 Å². The molecule has 0 bridgehead atoms. The van der Waals surface area contributed by atoms with Gasteiger partial charge >= 0.3 is 6.18 Å². The average molecular weight is 288 g/mol. The van der Waals surface area contributed by atoms with Crippen molar-refractivity contribution in [1.29, 1.82) is 0 Å². The predicted octanol–water partition coefficient (Wildman–Crippen LogP) is 0.0219. The highest BCUT2D eigenvalue weighted by molar-refractivity contribution is 6.02. The second-order valence-electron chi connectivity index (χ2n) is 4.21. The number of hydrogen-bond donors (Lipinski definition) is 2. The molecule has 2 amide bonds. The van der Waals surface area contributed by atoms with Gasteiger partial charge in [-0.25, -0.2) is 4.98 Å². The minimum Gasteiger partial charge on any atom is -0.338 e. The monoisotopic (exact) mass is 288 g/mol. The van der Waals surface area contributed by atoms with Crippen molar-refractivity contribution in [2.24, 2.45) is 5.73 Å². The van der Waals surface area contributed by atoms with Crippen LogP contribution in [-0.2, 0) is 22.3 Å². The van der Waals surface area contributed by atoms with Gasteiger partial charge < -0.3 is 10.6 Å². The molecule has 0 aromatic carbocycles. The number of rotatable bonds is 2. The molecule has 9 heteroatoms. The molecule has 2 heterocycles. The molecule has 0 atom stereocenters. The number of pyridine rings is 1. The Bertz CT molecular complexity index is 543. The van der Waals surface area contributed by atoms with Crippen LogP contribution in [0, 0.1) is 0 Å². The van der Waals surface area contributed by atoms with E-state index in [1.807, 2.05) is 0 Å². The lowest BCUT2D eigenvalue weighted by Crippen LogP contribution is -2.52. The summed E-state index contributed by atoms with van der Waals surface area (Å²) < 4.78 is 38.0. The van der Waals surface area contributed by atoms with E-state index in [1.165, 1.54) is 11.0 Å². The van der Waals surface area contributed by atoms with E-state index < -0.39 is 23.7 Å². The summed E-state index contributed by atoms with van der Waals surface area (Å²) in [4.78, 5) is 27.2. The zero-order valence-corrected chi connectivity index (χ0v) is 10.2. The van der Waals surface area contributed by atoms with Crippen LogP contribution in [0.4, 0.5) is 19.0 Å². The average Bonchev–Trinajstić information content (AvgIpc) is 2.35. The van der Waals surface area contributed by atoms with Gasteiger partial charge in [-0.2, -0.15) is 13.2 Å². The fourth-order valence-corrected chi connectivity index (χ4v) is 1.86. The van der Waals surface area contributed by atoms with Crippen molar-refractivity contribution in [1.82, 2.24) is 10.3 Å². The summed E-state index contributed by atoms with van der Waals surface area (Å²) in [5, 5.41) is 2.06. The third kappa shape index (κ3) is 2.87. The number of anilines is 1. The fraction of sp³-hybridized carbons (Fsp3) is 0.364. The van der Waals surface area contributed by atoms with Crippen LogP contribution < -0.4 is 16.0 Å². The van der Waals surface area contributed by atoms with E-state index in [-0.39, 0.29) is 25.5 Å². The molecule has 0 radical (unpaired) electrons. The van der Waals surface area contributed by atoms with Gasteiger partial charge in [0.25, 0.3) is 0 Å². The second-order valence-corrected chi connectivity index (χ2v) is 4.21. The molecule has 3 N–H and O–H groups in total. The van der Waals surface area contributed by atoms with Crippen molar-refractivity contribution in [3.8, 4) is 0 Å². The number of amides is 2. The highest BCUT2D eigenvalue weighted by Gasteiger charge is 2.34. The van der Waals surface area contributed by atoms with Gasteiger partial charge in [-0.15, -0.1) is 0 Å². The van der Waals surface area contributed by atoms with Gasteiger partial charge in [-0.3, -0.25) is 14.9 Å². The molecule has 1 fully saturated rings. The maximum atomic E-state index is 12.7. The molecule has 1 aromatic heterocycles. The first-order chi connectivity index (χ1) is 9.31. The molecule has 0 aliphatic carbocycles. The third-order valence-electron chi connectivity index (χ3n) is 2.71. The van der Waals surface area contributed by atoms with Crippen LogP contribution in [-0.4, -0.2) is 29.9 Å². The molecule has 20 heavy (non-hydrogen) atoms. The van der Waals surface area contributed by atoms with E-state index in [2.05, 4.69) is 10.3 Å². The molecular formula is C11H11F3N4O2. The Morgan fingerprint density at radius 1 is 1.25 bits per heavy atom. The Kier molecular flexibility index (Phi) is 3.62. The minimum absolute atomic E-state index is 0.0488. The summed E-state index contributed by atoms with van der Waals surface area (Å²) >= 11 is 0. The van der Waals surface area contributed by atoms with Crippen molar-refractivity contribution in [2.75, 3.05) is 18.0 Å². The van der Waals surface area contributed by atoms with Crippen LogP contribution in [0.25, 0.3) is 0 Å². The minimum atomic E-state index is -4.61. The number of piperazine rings is 1. The van der Waals surface area contributed by atoms with E-state index in [9.17, 15) is 22.8 Å². The van der Waals surface area contributed by atoms with Crippen LogP contribution in [0.15, 0.2) is 12.1 Å². The quantitative estimate of drug-likeness (QED) is 0.749. The van der Waals surface area contributed by atoms with Gasteiger partial charge in [-0.05, 0) is 6.07 Å². The summed E-state index contributed by atoms with van der Waals surface area (Å²) in [5.41, 5.74) is 4.69. The lowest BCUT2D eigenvalue weighted by molar-refractivity contribution is -0.141. The zero-order valence-electron chi connectivity index (χ0n) is 10.2. The van der Waals surface area contributed by atoms with Crippen LogP contribution >= 0.6 is 0 Å². The van der Waals surface area contributed by atoms with E-state index in [0.29, 0.717) is 5.56 Å². The van der Waals surface area contributed by atoms with Gasteiger partial charge in [-0.1, -0.05) is 6.07 Å². The molecule has 0 spiro atoms. The van der Waals surface area contributed by atoms with E-state index in [1.54, 1.807) is 0 Å². The van der Waals surface area contributed by atoms with Crippen LogP contribution in [0.2, 0.25) is 0 Å². The molecule has 0 saturated carbocycles. The molecular weight excluding hydrogens is 277 g/mol. The summed E-state index contributed by atoms with van der Waals surface area (Å²) in [6.07, 6.45) is -4.61. The molecule has 0 unspecified atom stereocenters. The number of halogens is 3. The van der Waals surface area contributed by atoms with Gasteiger partial charge in [0.2, 0.25) is 11.8 Å². The fourth-order valence-electron chi connectivity index (χ4n) is 1.86. The van der Waals surface area contributed by atoms with Crippen LogP contribution in [0.5, 0.6) is 0 Å². The number of nitrogens with two attached hydrogens (primary N) is 1. The summed E-state index contributed by atoms with van der Waals surface area (Å²) in [6.45, 7) is -0.535. The SMILES string of the molecule is NCc1ccc(C(F)(F)F)nc1N1CC(=O)NC(=O)C1. The third-order valence-corrected chi connectivity index (χ3v) is 2.71. The standard InChI is InChI=1S/C11H11F3N4O2/c12-11(13,14)7-2-1-6(3-15)10(16-7)18-4-8(19)17-9(20)5-18/h1-2H,3-5,15H2,(H,17,19,20). The number of alkyl halides is 3. The lowest BCUT2D eigenvalue weighted by atomic mass is 10.2.